The van der Waals surface area contributed by atoms with Crippen molar-refractivity contribution in [2.24, 2.45) is 0 Å². The fourth-order valence-corrected chi connectivity index (χ4v) is 2.28. The Hall–Kier alpha value is -1.63. The maximum Gasteiger partial charge on any atom is 0.163 e. The van der Waals surface area contributed by atoms with Crippen molar-refractivity contribution in [3.63, 3.8) is 0 Å². The van der Waals surface area contributed by atoms with Gasteiger partial charge in [0.1, 0.15) is 0 Å². The van der Waals surface area contributed by atoms with Crippen molar-refractivity contribution in [1.82, 2.24) is 0 Å². The minimum absolute atomic E-state index is 0.263. The number of carbonyl (C=O) groups excluding carboxylic acids is 1. The van der Waals surface area contributed by atoms with Gasteiger partial charge < -0.3 is 0 Å². The summed E-state index contributed by atoms with van der Waals surface area (Å²) in [6, 6.07) is 10.3. The van der Waals surface area contributed by atoms with Crippen molar-refractivity contribution in [1.29, 1.82) is 0 Å². The van der Waals surface area contributed by atoms with Crippen molar-refractivity contribution in [3.05, 3.63) is 47.0 Å². The van der Waals surface area contributed by atoms with Gasteiger partial charge >= 0.3 is 0 Å². The monoisotopic (exact) mass is 226 g/mol. The lowest BCUT2D eigenvalue weighted by atomic mass is 9.93. The summed E-state index contributed by atoms with van der Waals surface area (Å²) in [6.45, 7) is 6.19. The minimum Gasteiger partial charge on any atom is -0.294 e. The molecule has 2 rings (SSSR count). The second kappa shape index (κ2) is 4.70. The third-order valence-electron chi connectivity index (χ3n) is 3.41. The number of hydrogen-bond acceptors (Lipinski definition) is 1. The van der Waals surface area contributed by atoms with Crippen LogP contribution in [0.4, 0.5) is 0 Å². The summed E-state index contributed by atoms with van der Waals surface area (Å²) in [7, 11) is 0. The average molecular weight is 226 g/mol. The van der Waals surface area contributed by atoms with E-state index >= 15 is 0 Å². The van der Waals surface area contributed by atoms with E-state index in [0.717, 1.165) is 22.9 Å². The molecule has 0 atom stereocenters. The van der Waals surface area contributed by atoms with Crippen LogP contribution in [0.15, 0.2) is 30.3 Å². The summed E-state index contributed by atoms with van der Waals surface area (Å²) in [4.78, 5) is 12.1. The smallest absolute Gasteiger partial charge is 0.163 e. The number of Topliss-reactive ketones (excluding diaryl/α,β-unsaturated/α-hetero) is 1. The Morgan fingerprint density at radius 1 is 1.12 bits per heavy atom. The van der Waals surface area contributed by atoms with E-state index in [-0.39, 0.29) is 5.78 Å². The Labute approximate surface area is 102 Å². The molecule has 1 nitrogen and oxygen atoms in total. The summed E-state index contributed by atoms with van der Waals surface area (Å²) in [5, 5.41) is 2.41. The number of benzene rings is 2. The van der Waals surface area contributed by atoms with Crippen LogP contribution in [-0.4, -0.2) is 5.78 Å². The molecular weight excluding hydrogens is 208 g/mol. The van der Waals surface area contributed by atoms with Gasteiger partial charge in [0.2, 0.25) is 0 Å². The van der Waals surface area contributed by atoms with Gasteiger partial charge in [0.05, 0.1) is 0 Å². The molecule has 0 unspecified atom stereocenters. The van der Waals surface area contributed by atoms with E-state index in [4.69, 9.17) is 0 Å². The quantitative estimate of drug-likeness (QED) is 0.707. The van der Waals surface area contributed by atoms with Crippen LogP contribution in [0.5, 0.6) is 0 Å². The van der Waals surface area contributed by atoms with Crippen LogP contribution >= 0.6 is 0 Å². The van der Waals surface area contributed by atoms with Crippen LogP contribution in [0.3, 0.4) is 0 Å². The molecular formula is C16H18O. The Kier molecular flexibility index (Phi) is 3.28. The first-order valence-electron chi connectivity index (χ1n) is 6.17. The Morgan fingerprint density at radius 2 is 1.82 bits per heavy atom. The van der Waals surface area contributed by atoms with Crippen LogP contribution in [0, 0.1) is 13.8 Å². The van der Waals surface area contributed by atoms with Crippen molar-refractivity contribution >= 4 is 16.6 Å². The van der Waals surface area contributed by atoms with E-state index in [2.05, 4.69) is 19.1 Å². The maximum absolute atomic E-state index is 12.1. The number of ketones is 1. The van der Waals surface area contributed by atoms with Gasteiger partial charge in [-0.15, -0.1) is 0 Å². The number of carbonyl (C=O) groups is 1. The molecule has 2 aromatic carbocycles. The van der Waals surface area contributed by atoms with Crippen LogP contribution in [-0.2, 0) is 0 Å². The molecule has 0 saturated heterocycles. The van der Waals surface area contributed by atoms with Gasteiger partial charge in [0, 0.05) is 12.0 Å². The molecule has 88 valence electrons. The van der Waals surface area contributed by atoms with Gasteiger partial charge in [-0.3, -0.25) is 4.79 Å². The number of aryl methyl sites for hydroxylation is 1. The fraction of sp³-hybridized carbons (Fsp3) is 0.312. The molecule has 0 saturated carbocycles. The molecule has 2 aromatic rings. The summed E-state index contributed by atoms with van der Waals surface area (Å²) < 4.78 is 0. The largest absolute Gasteiger partial charge is 0.294 e. The van der Waals surface area contributed by atoms with Gasteiger partial charge in [-0.25, -0.2) is 0 Å². The zero-order valence-corrected chi connectivity index (χ0v) is 10.7. The predicted octanol–water partition coefficient (Wildman–Crippen LogP) is 4.44. The molecule has 17 heavy (non-hydrogen) atoms. The highest BCUT2D eigenvalue weighted by Gasteiger charge is 2.12. The van der Waals surface area contributed by atoms with Crippen LogP contribution in [0.1, 0.15) is 41.3 Å². The SMILES string of the molecule is CCCC(=O)c1cc2ccccc2c(C)c1C. The fourth-order valence-electron chi connectivity index (χ4n) is 2.28. The van der Waals surface area contributed by atoms with Gasteiger partial charge in [-0.2, -0.15) is 0 Å². The molecule has 0 aromatic heterocycles. The molecule has 0 amide bonds. The Morgan fingerprint density at radius 3 is 2.53 bits per heavy atom. The lowest BCUT2D eigenvalue weighted by Gasteiger charge is -2.11. The van der Waals surface area contributed by atoms with E-state index in [1.165, 1.54) is 10.9 Å². The zero-order valence-electron chi connectivity index (χ0n) is 10.7. The highest BCUT2D eigenvalue weighted by atomic mass is 16.1. The molecule has 0 radical (unpaired) electrons. The third kappa shape index (κ3) is 2.10. The summed E-state index contributed by atoms with van der Waals surface area (Å²) >= 11 is 0. The topological polar surface area (TPSA) is 17.1 Å². The molecule has 0 aliphatic carbocycles. The summed E-state index contributed by atoms with van der Waals surface area (Å²) in [5.41, 5.74) is 3.24. The molecule has 0 spiro atoms. The normalized spacial score (nSPS) is 10.8. The van der Waals surface area contributed by atoms with Gasteiger partial charge in [0.15, 0.2) is 5.78 Å². The van der Waals surface area contributed by atoms with Crippen molar-refractivity contribution < 1.29 is 4.79 Å². The highest BCUT2D eigenvalue weighted by Crippen LogP contribution is 2.25. The second-order valence-corrected chi connectivity index (χ2v) is 4.57. The molecule has 0 fully saturated rings. The standard InChI is InChI=1S/C16H18O/c1-4-7-16(17)15-10-13-8-5-6-9-14(13)11(2)12(15)3/h5-6,8-10H,4,7H2,1-3H3. The zero-order chi connectivity index (χ0) is 12.4. The molecule has 1 heteroatoms. The Balaban J connectivity index is 2.65. The lowest BCUT2D eigenvalue weighted by molar-refractivity contribution is 0.0981. The molecule has 0 bridgehead atoms. The molecule has 0 aliphatic rings. The lowest BCUT2D eigenvalue weighted by Crippen LogP contribution is -2.03. The van der Waals surface area contributed by atoms with E-state index in [9.17, 15) is 4.79 Å². The molecule has 0 aliphatic heterocycles. The third-order valence-corrected chi connectivity index (χ3v) is 3.41. The molecule has 0 heterocycles. The van der Waals surface area contributed by atoms with Crippen LogP contribution in [0.2, 0.25) is 0 Å². The van der Waals surface area contributed by atoms with Crippen LogP contribution < -0.4 is 0 Å². The first-order valence-corrected chi connectivity index (χ1v) is 6.17. The first-order chi connectivity index (χ1) is 8.15. The van der Waals surface area contributed by atoms with E-state index in [0.29, 0.717) is 6.42 Å². The predicted molar refractivity (Wildman–Crippen MR) is 72.7 cm³/mol. The number of rotatable bonds is 3. The molecule has 0 N–H and O–H groups in total. The average Bonchev–Trinajstić information content (AvgIpc) is 2.34. The van der Waals surface area contributed by atoms with E-state index in [1.807, 2.05) is 32.0 Å². The minimum atomic E-state index is 0.263. The van der Waals surface area contributed by atoms with E-state index in [1.54, 1.807) is 0 Å². The summed E-state index contributed by atoms with van der Waals surface area (Å²) in [6.07, 6.45) is 1.54. The van der Waals surface area contributed by atoms with Crippen molar-refractivity contribution in [2.75, 3.05) is 0 Å². The van der Waals surface area contributed by atoms with Crippen LogP contribution in [0.25, 0.3) is 10.8 Å². The second-order valence-electron chi connectivity index (χ2n) is 4.57. The highest BCUT2D eigenvalue weighted by molar-refractivity contribution is 6.02. The van der Waals surface area contributed by atoms with Crippen molar-refractivity contribution in [2.45, 2.75) is 33.6 Å². The summed E-state index contributed by atoms with van der Waals surface area (Å²) in [5.74, 6) is 0.263. The van der Waals surface area contributed by atoms with Gasteiger partial charge in [0.25, 0.3) is 0 Å². The maximum atomic E-state index is 12.1. The van der Waals surface area contributed by atoms with Gasteiger partial charge in [-0.1, -0.05) is 31.2 Å². The first kappa shape index (κ1) is 11.8. The number of fused-ring (bicyclic) bond motifs is 1. The van der Waals surface area contributed by atoms with E-state index < -0.39 is 0 Å². The Bertz CT molecular complexity index is 567. The number of hydrogen-bond donors (Lipinski definition) is 0. The van der Waals surface area contributed by atoms with Crippen molar-refractivity contribution in [3.8, 4) is 0 Å². The van der Waals surface area contributed by atoms with Gasteiger partial charge in [-0.05, 0) is 48.2 Å².